The number of carbonyl (C=O) groups excluding carboxylic acids is 1. The van der Waals surface area contributed by atoms with E-state index in [-0.39, 0.29) is 11.2 Å². The van der Waals surface area contributed by atoms with Crippen LogP contribution in [0.1, 0.15) is 31.4 Å². The molecule has 23 heavy (non-hydrogen) atoms. The van der Waals surface area contributed by atoms with E-state index in [1.165, 1.54) is 12.8 Å². The van der Waals surface area contributed by atoms with Gasteiger partial charge in [-0.2, -0.15) is 5.10 Å². The monoisotopic (exact) mass is 327 g/mol. The molecule has 5 heteroatoms. The lowest BCUT2D eigenvalue weighted by Crippen LogP contribution is -2.24. The van der Waals surface area contributed by atoms with E-state index < -0.39 is 0 Å². The molecule has 1 atom stereocenters. The Kier molecular flexibility index (Phi) is 4.12. The van der Waals surface area contributed by atoms with Gasteiger partial charge in [0.15, 0.2) is 0 Å². The minimum atomic E-state index is 0.0843. The maximum absolute atomic E-state index is 12.5. The van der Waals surface area contributed by atoms with Gasteiger partial charge in [0.25, 0.3) is 0 Å². The van der Waals surface area contributed by atoms with Crippen molar-refractivity contribution in [2.45, 2.75) is 37.4 Å². The number of para-hydroxylation sites is 1. The van der Waals surface area contributed by atoms with Gasteiger partial charge in [-0.1, -0.05) is 18.2 Å². The minimum absolute atomic E-state index is 0.0843. The SMILES string of the molecule is O=C(Nc1cc(CC2CC2)nn1-c1ccccc1)[C@@H]1CCCS1. The molecule has 4 rings (SSSR count). The highest BCUT2D eigenvalue weighted by Gasteiger charge is 2.26. The molecule has 0 unspecified atom stereocenters. The molecule has 0 radical (unpaired) electrons. The number of carbonyl (C=O) groups is 1. The van der Waals surface area contributed by atoms with Gasteiger partial charge in [-0.3, -0.25) is 4.79 Å². The second-order valence-electron chi connectivity index (χ2n) is 6.41. The Morgan fingerprint density at radius 3 is 2.78 bits per heavy atom. The van der Waals surface area contributed by atoms with Gasteiger partial charge in [0, 0.05) is 6.07 Å². The molecule has 0 spiro atoms. The van der Waals surface area contributed by atoms with Crippen LogP contribution in [0.25, 0.3) is 5.69 Å². The molecule has 1 saturated heterocycles. The fourth-order valence-electron chi connectivity index (χ4n) is 2.99. The predicted molar refractivity (Wildman–Crippen MR) is 94.1 cm³/mol. The first-order valence-corrected chi connectivity index (χ1v) is 9.41. The summed E-state index contributed by atoms with van der Waals surface area (Å²) in [6, 6.07) is 12.1. The normalized spacial score (nSPS) is 20.6. The van der Waals surface area contributed by atoms with Crippen molar-refractivity contribution >= 4 is 23.5 Å². The second kappa shape index (κ2) is 6.40. The van der Waals surface area contributed by atoms with Gasteiger partial charge in [-0.25, -0.2) is 4.68 Å². The number of aromatic nitrogens is 2. The van der Waals surface area contributed by atoms with Crippen LogP contribution >= 0.6 is 11.8 Å². The number of hydrogen-bond donors (Lipinski definition) is 1. The highest BCUT2D eigenvalue weighted by molar-refractivity contribution is 8.00. The Labute approximate surface area is 140 Å². The average Bonchev–Trinajstić information content (AvgIpc) is 3.07. The Hall–Kier alpha value is -1.75. The molecular formula is C18H21N3OS. The van der Waals surface area contributed by atoms with Crippen molar-refractivity contribution in [1.29, 1.82) is 0 Å². The molecule has 0 bridgehead atoms. The largest absolute Gasteiger partial charge is 0.310 e. The Morgan fingerprint density at radius 1 is 1.26 bits per heavy atom. The topological polar surface area (TPSA) is 46.9 Å². The highest BCUT2D eigenvalue weighted by atomic mass is 32.2. The zero-order valence-electron chi connectivity index (χ0n) is 13.1. The van der Waals surface area contributed by atoms with Gasteiger partial charge >= 0.3 is 0 Å². The van der Waals surface area contributed by atoms with Crippen LogP contribution in [-0.4, -0.2) is 26.7 Å². The van der Waals surface area contributed by atoms with Gasteiger partial charge in [0.05, 0.1) is 16.6 Å². The van der Waals surface area contributed by atoms with E-state index in [9.17, 15) is 4.79 Å². The van der Waals surface area contributed by atoms with Crippen LogP contribution in [0.3, 0.4) is 0 Å². The third-order valence-corrected chi connectivity index (χ3v) is 5.81. The molecule has 1 N–H and O–H groups in total. The van der Waals surface area contributed by atoms with E-state index in [4.69, 9.17) is 5.10 Å². The van der Waals surface area contributed by atoms with Crippen molar-refractivity contribution < 1.29 is 4.79 Å². The summed E-state index contributed by atoms with van der Waals surface area (Å²) in [4.78, 5) is 12.5. The molecule has 120 valence electrons. The first-order valence-electron chi connectivity index (χ1n) is 8.36. The third-order valence-electron chi connectivity index (χ3n) is 4.43. The minimum Gasteiger partial charge on any atom is -0.310 e. The summed E-state index contributed by atoms with van der Waals surface area (Å²) in [6.07, 6.45) is 5.73. The number of nitrogens with one attached hydrogen (secondary N) is 1. The van der Waals surface area contributed by atoms with Crippen LogP contribution in [0, 0.1) is 5.92 Å². The van der Waals surface area contributed by atoms with Gasteiger partial charge < -0.3 is 5.32 Å². The standard InChI is InChI=1S/C18H21N3OS/c22-18(16-7-4-10-23-16)19-17-12-14(11-13-8-9-13)20-21(17)15-5-2-1-3-6-15/h1-3,5-6,12-13,16H,4,7-11H2,(H,19,22)/t16-/m0/s1. The van der Waals surface area contributed by atoms with Crippen molar-refractivity contribution in [2.75, 3.05) is 11.1 Å². The van der Waals surface area contributed by atoms with E-state index in [1.54, 1.807) is 11.8 Å². The number of amides is 1. The lowest BCUT2D eigenvalue weighted by atomic mass is 10.2. The molecule has 2 heterocycles. The van der Waals surface area contributed by atoms with E-state index in [1.807, 2.05) is 41.1 Å². The predicted octanol–water partition coefficient (Wildman–Crippen LogP) is 3.66. The number of benzene rings is 1. The molecule has 1 aliphatic carbocycles. The van der Waals surface area contributed by atoms with Gasteiger partial charge in [-0.05, 0) is 55.9 Å². The molecule has 2 fully saturated rings. The molecule has 1 aromatic carbocycles. The van der Waals surface area contributed by atoms with Crippen LogP contribution in [0.4, 0.5) is 5.82 Å². The average molecular weight is 327 g/mol. The van der Waals surface area contributed by atoms with Crippen LogP contribution in [0.5, 0.6) is 0 Å². The quantitative estimate of drug-likeness (QED) is 0.911. The maximum atomic E-state index is 12.5. The molecule has 1 saturated carbocycles. The summed E-state index contributed by atoms with van der Waals surface area (Å²) in [5, 5.41) is 7.93. The van der Waals surface area contributed by atoms with Gasteiger partial charge in [-0.15, -0.1) is 11.8 Å². The van der Waals surface area contributed by atoms with Crippen molar-refractivity contribution in [3.8, 4) is 5.69 Å². The molecule has 2 aliphatic rings. The number of rotatable bonds is 5. The van der Waals surface area contributed by atoms with E-state index in [0.717, 1.165) is 48.1 Å². The number of nitrogens with zero attached hydrogens (tertiary/aromatic N) is 2. The first kappa shape index (κ1) is 14.8. The Bertz CT molecular complexity index is 688. The third kappa shape index (κ3) is 3.44. The molecule has 1 aliphatic heterocycles. The van der Waals surface area contributed by atoms with Crippen LogP contribution in [-0.2, 0) is 11.2 Å². The second-order valence-corrected chi connectivity index (χ2v) is 7.72. The lowest BCUT2D eigenvalue weighted by molar-refractivity contribution is -0.115. The summed E-state index contributed by atoms with van der Waals surface area (Å²) in [5.74, 6) is 2.78. The smallest absolute Gasteiger partial charge is 0.238 e. The molecule has 1 amide bonds. The van der Waals surface area contributed by atoms with E-state index in [0.29, 0.717) is 0 Å². The molecular weight excluding hydrogens is 306 g/mol. The first-order chi connectivity index (χ1) is 11.3. The summed E-state index contributed by atoms with van der Waals surface area (Å²) in [6.45, 7) is 0. The fourth-order valence-corrected chi connectivity index (χ4v) is 4.16. The zero-order valence-corrected chi connectivity index (χ0v) is 13.9. The van der Waals surface area contributed by atoms with E-state index in [2.05, 4.69) is 5.32 Å². The molecule has 1 aromatic heterocycles. The highest BCUT2D eigenvalue weighted by Crippen LogP contribution is 2.33. The van der Waals surface area contributed by atoms with E-state index >= 15 is 0 Å². The maximum Gasteiger partial charge on any atom is 0.238 e. The summed E-state index contributed by atoms with van der Waals surface area (Å²) in [7, 11) is 0. The molecule has 4 nitrogen and oxygen atoms in total. The Balaban J connectivity index is 1.60. The van der Waals surface area contributed by atoms with Gasteiger partial charge in [0.1, 0.15) is 5.82 Å². The van der Waals surface area contributed by atoms with Crippen molar-refractivity contribution in [2.24, 2.45) is 5.92 Å². The zero-order chi connectivity index (χ0) is 15.6. The summed E-state index contributed by atoms with van der Waals surface area (Å²) in [5.41, 5.74) is 2.06. The molecule has 2 aromatic rings. The van der Waals surface area contributed by atoms with Crippen LogP contribution in [0.15, 0.2) is 36.4 Å². The van der Waals surface area contributed by atoms with Crippen LogP contribution < -0.4 is 5.32 Å². The van der Waals surface area contributed by atoms with Gasteiger partial charge in [0.2, 0.25) is 5.91 Å². The summed E-state index contributed by atoms with van der Waals surface area (Å²) < 4.78 is 1.87. The number of hydrogen-bond acceptors (Lipinski definition) is 3. The summed E-state index contributed by atoms with van der Waals surface area (Å²) >= 11 is 1.76. The van der Waals surface area contributed by atoms with Crippen molar-refractivity contribution in [1.82, 2.24) is 9.78 Å². The van der Waals surface area contributed by atoms with Crippen molar-refractivity contribution in [3.05, 3.63) is 42.1 Å². The lowest BCUT2D eigenvalue weighted by Gasteiger charge is -2.11. The Morgan fingerprint density at radius 2 is 2.09 bits per heavy atom. The van der Waals surface area contributed by atoms with Crippen LogP contribution in [0.2, 0.25) is 0 Å². The van der Waals surface area contributed by atoms with Crippen molar-refractivity contribution in [3.63, 3.8) is 0 Å². The number of anilines is 1. The number of thioether (sulfide) groups is 1. The fraction of sp³-hybridized carbons (Fsp3) is 0.444.